The molecule has 0 aromatic heterocycles. The van der Waals surface area contributed by atoms with Gasteiger partial charge in [0.05, 0.1) is 0 Å². The molecule has 0 radical (unpaired) electrons. The molecule has 0 aromatic carbocycles. The third-order valence-corrected chi connectivity index (χ3v) is 10.8. The maximum Gasteiger partial charge on any atom is 0.217 e. The number of hydrogen-bond acceptors (Lipinski definition) is 3. The lowest BCUT2D eigenvalue weighted by atomic mass is 9.44. The normalized spacial score (nSPS) is 46.5. The van der Waals surface area contributed by atoms with Gasteiger partial charge in [-0.3, -0.25) is 4.79 Å². The van der Waals surface area contributed by atoms with E-state index in [0.29, 0.717) is 29.2 Å². The van der Waals surface area contributed by atoms with Crippen molar-refractivity contribution < 1.29 is 4.79 Å². The number of nitrogens with one attached hydrogen (secondary N) is 1. The van der Waals surface area contributed by atoms with Crippen LogP contribution in [-0.4, -0.2) is 25.0 Å². The average molecular weight is 418 g/mol. The van der Waals surface area contributed by atoms with Gasteiger partial charge in [0, 0.05) is 25.6 Å². The van der Waals surface area contributed by atoms with Crippen LogP contribution in [0.2, 0.25) is 0 Å². The van der Waals surface area contributed by atoms with Crippen LogP contribution in [0.3, 0.4) is 0 Å². The third kappa shape index (κ3) is 3.85. The van der Waals surface area contributed by atoms with Crippen molar-refractivity contribution in [2.24, 2.45) is 57.8 Å². The Kier molecular flexibility index (Phi) is 6.57. The standard InChI is InChI=1S/C26H47N3O/c1-17(4-9-24(28)30)21-7-8-22-20-6-5-18-16-19(29-15-14-27)10-12-25(18,2)23(20)11-13-26(21,22)3/h17-23,29H,4-16,27H2,1-3H3,(H2,28,30). The van der Waals surface area contributed by atoms with Crippen LogP contribution >= 0.6 is 0 Å². The van der Waals surface area contributed by atoms with Gasteiger partial charge in [0.1, 0.15) is 0 Å². The fraction of sp³-hybridized carbons (Fsp3) is 0.962. The second-order valence-electron chi connectivity index (χ2n) is 12.1. The minimum absolute atomic E-state index is 0.131. The molecular weight excluding hydrogens is 370 g/mol. The molecule has 4 heteroatoms. The highest BCUT2D eigenvalue weighted by Crippen LogP contribution is 2.68. The summed E-state index contributed by atoms with van der Waals surface area (Å²) in [5.41, 5.74) is 12.2. The number of fused-ring (bicyclic) bond motifs is 5. The van der Waals surface area contributed by atoms with Gasteiger partial charge in [-0.1, -0.05) is 20.8 Å². The van der Waals surface area contributed by atoms with Crippen molar-refractivity contribution in [2.75, 3.05) is 13.1 Å². The first kappa shape index (κ1) is 22.6. The molecule has 4 rings (SSSR count). The van der Waals surface area contributed by atoms with Crippen LogP contribution in [0.25, 0.3) is 0 Å². The topological polar surface area (TPSA) is 81.1 Å². The predicted octanol–water partition coefficient (Wildman–Crippen LogP) is 4.46. The number of rotatable bonds is 7. The number of amides is 1. The molecule has 4 aliphatic carbocycles. The van der Waals surface area contributed by atoms with E-state index in [1.165, 1.54) is 57.8 Å². The number of nitrogens with two attached hydrogens (primary N) is 2. The monoisotopic (exact) mass is 417 g/mol. The van der Waals surface area contributed by atoms with Gasteiger partial charge in [0.2, 0.25) is 5.91 Å². The average Bonchev–Trinajstić information content (AvgIpc) is 3.07. The Bertz CT molecular complexity index is 623. The first-order chi connectivity index (χ1) is 14.3. The van der Waals surface area contributed by atoms with Crippen molar-refractivity contribution in [3.05, 3.63) is 0 Å². The fourth-order valence-electron chi connectivity index (χ4n) is 9.28. The number of primary amides is 1. The number of hydrogen-bond donors (Lipinski definition) is 3. The van der Waals surface area contributed by atoms with Crippen molar-refractivity contribution in [1.82, 2.24) is 5.32 Å². The largest absolute Gasteiger partial charge is 0.370 e. The number of carbonyl (C=O) groups is 1. The van der Waals surface area contributed by atoms with Crippen LogP contribution < -0.4 is 16.8 Å². The van der Waals surface area contributed by atoms with Gasteiger partial charge in [0.15, 0.2) is 0 Å². The summed E-state index contributed by atoms with van der Waals surface area (Å²) in [5.74, 6) is 4.95. The molecule has 5 N–H and O–H groups in total. The van der Waals surface area contributed by atoms with Gasteiger partial charge in [0.25, 0.3) is 0 Å². The van der Waals surface area contributed by atoms with Crippen molar-refractivity contribution in [3.63, 3.8) is 0 Å². The molecular formula is C26H47N3O. The van der Waals surface area contributed by atoms with Crippen LogP contribution in [0.15, 0.2) is 0 Å². The zero-order chi connectivity index (χ0) is 21.5. The molecule has 0 bridgehead atoms. The fourth-order valence-corrected chi connectivity index (χ4v) is 9.28. The minimum atomic E-state index is -0.131. The van der Waals surface area contributed by atoms with Crippen LogP contribution in [0.4, 0.5) is 0 Å². The molecule has 1 amide bonds. The van der Waals surface area contributed by atoms with E-state index in [1.807, 2.05) is 0 Å². The molecule has 0 heterocycles. The summed E-state index contributed by atoms with van der Waals surface area (Å²) in [5, 5.41) is 3.72. The first-order valence-electron chi connectivity index (χ1n) is 13.0. The molecule has 4 saturated carbocycles. The maximum atomic E-state index is 11.3. The smallest absolute Gasteiger partial charge is 0.217 e. The summed E-state index contributed by atoms with van der Waals surface area (Å²) in [4.78, 5) is 11.3. The van der Waals surface area contributed by atoms with Gasteiger partial charge in [-0.2, -0.15) is 0 Å². The molecule has 4 nitrogen and oxygen atoms in total. The number of carbonyl (C=O) groups excluding carboxylic acids is 1. The molecule has 0 aliphatic heterocycles. The van der Waals surface area contributed by atoms with Gasteiger partial charge >= 0.3 is 0 Å². The third-order valence-electron chi connectivity index (χ3n) is 10.8. The summed E-state index contributed by atoms with van der Waals surface area (Å²) in [6.45, 7) is 9.39. The molecule has 0 spiro atoms. The highest BCUT2D eigenvalue weighted by atomic mass is 16.1. The van der Waals surface area contributed by atoms with E-state index in [-0.39, 0.29) is 5.91 Å². The highest BCUT2D eigenvalue weighted by Gasteiger charge is 2.60. The second-order valence-corrected chi connectivity index (χ2v) is 12.1. The van der Waals surface area contributed by atoms with E-state index in [2.05, 4.69) is 26.1 Å². The van der Waals surface area contributed by atoms with Crippen molar-refractivity contribution in [2.45, 2.75) is 97.4 Å². The first-order valence-corrected chi connectivity index (χ1v) is 13.0. The maximum absolute atomic E-state index is 11.3. The molecule has 0 aromatic rings. The Morgan fingerprint density at radius 2 is 1.77 bits per heavy atom. The van der Waals surface area contributed by atoms with Crippen LogP contribution in [0, 0.1) is 46.3 Å². The molecule has 4 fully saturated rings. The minimum Gasteiger partial charge on any atom is -0.370 e. The zero-order valence-electron chi connectivity index (χ0n) is 19.8. The van der Waals surface area contributed by atoms with Gasteiger partial charge in [-0.05, 0) is 111 Å². The molecule has 30 heavy (non-hydrogen) atoms. The molecule has 4 aliphatic rings. The quantitative estimate of drug-likeness (QED) is 0.572. The summed E-state index contributed by atoms with van der Waals surface area (Å²) in [6, 6.07) is 0.694. The van der Waals surface area contributed by atoms with Crippen LogP contribution in [0.1, 0.15) is 91.4 Å². The lowest BCUT2D eigenvalue weighted by Gasteiger charge is -2.61. The predicted molar refractivity (Wildman–Crippen MR) is 124 cm³/mol. The van der Waals surface area contributed by atoms with E-state index < -0.39 is 0 Å². The highest BCUT2D eigenvalue weighted by molar-refractivity contribution is 5.73. The SMILES string of the molecule is CC(CCC(N)=O)C1CCC2C3CCC4CC(NCCN)CCC4(C)C3CCC12C. The van der Waals surface area contributed by atoms with Crippen molar-refractivity contribution >= 4 is 5.91 Å². The van der Waals surface area contributed by atoms with E-state index in [9.17, 15) is 4.79 Å². The Morgan fingerprint density at radius 3 is 2.50 bits per heavy atom. The Balaban J connectivity index is 1.45. The lowest BCUT2D eigenvalue weighted by molar-refractivity contribution is -0.120. The van der Waals surface area contributed by atoms with E-state index >= 15 is 0 Å². The van der Waals surface area contributed by atoms with E-state index in [4.69, 9.17) is 11.5 Å². The van der Waals surface area contributed by atoms with E-state index in [1.54, 1.807) is 0 Å². The Labute approximate surface area is 184 Å². The summed E-state index contributed by atoms with van der Waals surface area (Å²) < 4.78 is 0. The summed E-state index contributed by atoms with van der Waals surface area (Å²) in [6.07, 6.45) is 14.2. The second kappa shape index (κ2) is 8.73. The molecule has 9 atom stereocenters. The lowest BCUT2D eigenvalue weighted by Crippen LogP contribution is -2.55. The van der Waals surface area contributed by atoms with Crippen molar-refractivity contribution in [3.8, 4) is 0 Å². The summed E-state index contributed by atoms with van der Waals surface area (Å²) >= 11 is 0. The Morgan fingerprint density at radius 1 is 1.03 bits per heavy atom. The molecule has 0 saturated heterocycles. The Hall–Kier alpha value is -0.610. The van der Waals surface area contributed by atoms with Crippen molar-refractivity contribution in [1.29, 1.82) is 0 Å². The van der Waals surface area contributed by atoms with Crippen LogP contribution in [0.5, 0.6) is 0 Å². The van der Waals surface area contributed by atoms with E-state index in [0.717, 1.165) is 49.1 Å². The van der Waals surface area contributed by atoms with Gasteiger partial charge < -0.3 is 16.8 Å². The molecule has 9 unspecified atom stereocenters. The molecule has 172 valence electrons. The van der Waals surface area contributed by atoms with Crippen LogP contribution in [-0.2, 0) is 4.79 Å². The van der Waals surface area contributed by atoms with Gasteiger partial charge in [-0.25, -0.2) is 0 Å². The zero-order valence-corrected chi connectivity index (χ0v) is 19.8. The van der Waals surface area contributed by atoms with Gasteiger partial charge in [-0.15, -0.1) is 0 Å². The summed E-state index contributed by atoms with van der Waals surface area (Å²) in [7, 11) is 0.